The quantitative estimate of drug-likeness (QED) is 0.194. The summed E-state index contributed by atoms with van der Waals surface area (Å²) >= 11 is 0. The van der Waals surface area contributed by atoms with Gasteiger partial charge in [0.15, 0.2) is 11.6 Å². The van der Waals surface area contributed by atoms with Crippen molar-refractivity contribution in [3.8, 4) is 0 Å². The number of ether oxygens (including phenoxy) is 1. The number of hydrogen-bond donors (Lipinski definition) is 0. The van der Waals surface area contributed by atoms with E-state index in [2.05, 4.69) is 31.2 Å². The van der Waals surface area contributed by atoms with Gasteiger partial charge in [-0.25, -0.2) is 8.78 Å². The van der Waals surface area contributed by atoms with Gasteiger partial charge in [-0.05, 0) is 97.4 Å². The van der Waals surface area contributed by atoms with Crippen LogP contribution >= 0.6 is 0 Å². The Bertz CT molecular complexity index is 1040. The molecule has 0 aromatic heterocycles. The Morgan fingerprint density at radius 1 is 0.744 bits per heavy atom. The first-order chi connectivity index (χ1) is 19.0. The van der Waals surface area contributed by atoms with Crippen LogP contribution in [0, 0.1) is 36.3 Å². The number of rotatable bonds is 12. The Hall–Kier alpha value is -1.74. The van der Waals surface area contributed by atoms with Gasteiger partial charge in [0, 0.05) is 5.56 Å². The zero-order chi connectivity index (χ0) is 27.2. The van der Waals surface area contributed by atoms with E-state index in [1.54, 1.807) is 6.07 Å². The lowest BCUT2D eigenvalue weighted by atomic mass is 9.74. The molecule has 0 N–H and O–H groups in total. The third-order valence-electron chi connectivity index (χ3n) is 10.4. The molecule has 5 rings (SSSR count). The number of halogens is 2. The zero-order valence-corrected chi connectivity index (χ0v) is 24.5. The van der Waals surface area contributed by atoms with E-state index in [1.807, 2.05) is 6.92 Å². The van der Waals surface area contributed by atoms with Crippen molar-refractivity contribution in [3.63, 3.8) is 0 Å². The molecule has 0 spiro atoms. The van der Waals surface area contributed by atoms with Gasteiger partial charge in [-0.15, -0.1) is 0 Å². The van der Waals surface area contributed by atoms with Crippen molar-refractivity contribution in [1.29, 1.82) is 0 Å². The lowest BCUT2D eigenvalue weighted by molar-refractivity contribution is 0.222. The fraction of sp³-hybridized carbons (Fsp3) is 0.667. The molecule has 2 aromatic rings. The molecule has 1 unspecified atom stereocenters. The van der Waals surface area contributed by atoms with Gasteiger partial charge in [-0.2, -0.15) is 0 Å². The molecule has 214 valence electrons. The number of epoxide rings is 1. The maximum Gasteiger partial charge on any atom is 0.165 e. The van der Waals surface area contributed by atoms with Crippen molar-refractivity contribution in [2.75, 3.05) is 6.61 Å². The first kappa shape index (κ1) is 28.8. The maximum absolute atomic E-state index is 14.8. The summed E-state index contributed by atoms with van der Waals surface area (Å²) in [4.78, 5) is 0. The Labute approximate surface area is 236 Å². The van der Waals surface area contributed by atoms with Crippen LogP contribution in [-0.2, 0) is 17.6 Å². The highest BCUT2D eigenvalue weighted by molar-refractivity contribution is 5.37. The summed E-state index contributed by atoms with van der Waals surface area (Å²) in [5.41, 5.74) is 4.34. The van der Waals surface area contributed by atoms with E-state index in [0.29, 0.717) is 30.1 Å². The number of aryl methyl sites for hydroxylation is 2. The molecule has 2 aliphatic carbocycles. The van der Waals surface area contributed by atoms with Crippen LogP contribution in [0.15, 0.2) is 30.3 Å². The normalized spacial score (nSPS) is 27.0. The van der Waals surface area contributed by atoms with Gasteiger partial charge in [0.1, 0.15) is 6.10 Å². The van der Waals surface area contributed by atoms with Gasteiger partial charge in [-0.1, -0.05) is 95.4 Å². The second-order valence-electron chi connectivity index (χ2n) is 13.1. The summed E-state index contributed by atoms with van der Waals surface area (Å²) in [6.45, 7) is 4.68. The summed E-state index contributed by atoms with van der Waals surface area (Å²) in [5, 5.41) is 0. The predicted octanol–water partition coefficient (Wildman–Crippen LogP) is 10.6. The molecule has 39 heavy (non-hydrogen) atoms. The maximum atomic E-state index is 14.8. The minimum absolute atomic E-state index is 0.264. The first-order valence-electron chi connectivity index (χ1n) is 16.2. The minimum Gasteiger partial charge on any atom is -0.368 e. The number of hydrogen-bond acceptors (Lipinski definition) is 1. The summed E-state index contributed by atoms with van der Waals surface area (Å²) in [5.74, 6) is 2.21. The summed E-state index contributed by atoms with van der Waals surface area (Å²) < 4.78 is 34.4. The van der Waals surface area contributed by atoms with Crippen LogP contribution < -0.4 is 0 Å². The largest absolute Gasteiger partial charge is 0.368 e. The Kier molecular flexibility index (Phi) is 10.1. The van der Waals surface area contributed by atoms with E-state index >= 15 is 0 Å². The first-order valence-corrected chi connectivity index (χ1v) is 16.2. The van der Waals surface area contributed by atoms with E-state index in [4.69, 9.17) is 4.74 Å². The molecule has 2 saturated carbocycles. The monoisotopic (exact) mass is 536 g/mol. The fourth-order valence-electron chi connectivity index (χ4n) is 7.56. The molecule has 3 fully saturated rings. The van der Waals surface area contributed by atoms with Crippen molar-refractivity contribution in [2.24, 2.45) is 17.8 Å². The van der Waals surface area contributed by atoms with Crippen LogP contribution in [-0.4, -0.2) is 6.61 Å². The van der Waals surface area contributed by atoms with Gasteiger partial charge < -0.3 is 4.74 Å². The van der Waals surface area contributed by atoms with Gasteiger partial charge in [0.25, 0.3) is 0 Å². The highest BCUT2D eigenvalue weighted by Crippen LogP contribution is 2.40. The third-order valence-corrected chi connectivity index (χ3v) is 10.4. The van der Waals surface area contributed by atoms with Crippen LogP contribution in [0.5, 0.6) is 0 Å². The number of benzene rings is 2. The van der Waals surface area contributed by atoms with Crippen molar-refractivity contribution in [3.05, 3.63) is 69.8 Å². The highest BCUT2D eigenvalue weighted by Gasteiger charge is 2.31. The van der Waals surface area contributed by atoms with Crippen molar-refractivity contribution in [1.82, 2.24) is 0 Å². The van der Waals surface area contributed by atoms with Crippen LogP contribution in [0.4, 0.5) is 8.78 Å². The molecule has 1 heterocycles. The van der Waals surface area contributed by atoms with Crippen molar-refractivity contribution in [2.45, 2.75) is 129 Å². The van der Waals surface area contributed by atoms with Crippen molar-refractivity contribution < 1.29 is 13.5 Å². The predicted molar refractivity (Wildman–Crippen MR) is 157 cm³/mol. The minimum atomic E-state index is -0.728. The van der Waals surface area contributed by atoms with E-state index in [1.165, 1.54) is 101 Å². The van der Waals surface area contributed by atoms with Crippen molar-refractivity contribution >= 4 is 0 Å². The van der Waals surface area contributed by atoms with Crippen LogP contribution in [0.25, 0.3) is 0 Å². The topological polar surface area (TPSA) is 12.5 Å². The molecular weight excluding hydrogens is 486 g/mol. The average molecular weight is 537 g/mol. The molecule has 1 nitrogen and oxygen atoms in total. The molecule has 0 bridgehead atoms. The second kappa shape index (κ2) is 13.7. The molecule has 2 aromatic carbocycles. The van der Waals surface area contributed by atoms with E-state index in [9.17, 15) is 8.78 Å². The highest BCUT2D eigenvalue weighted by atomic mass is 19.2. The molecule has 1 aliphatic heterocycles. The molecule has 1 saturated heterocycles. The molecule has 0 radical (unpaired) electrons. The van der Waals surface area contributed by atoms with Gasteiger partial charge >= 0.3 is 0 Å². The lowest BCUT2D eigenvalue weighted by Gasteiger charge is -2.32. The smallest absolute Gasteiger partial charge is 0.165 e. The van der Waals surface area contributed by atoms with Crippen LogP contribution in [0.3, 0.4) is 0 Å². The SMILES string of the molecule is CCCCCC1CCC(CCC2CCC(c3ccc(CCc4c(C)cc(C5CO5)c(F)c4F)cc3)CC2)CC1. The van der Waals surface area contributed by atoms with E-state index in [-0.39, 0.29) is 6.10 Å². The fourth-order valence-corrected chi connectivity index (χ4v) is 7.56. The van der Waals surface area contributed by atoms with Gasteiger partial charge in [0.2, 0.25) is 0 Å². The molecule has 0 amide bonds. The molecular formula is C36H50F2O. The van der Waals surface area contributed by atoms with Gasteiger partial charge in [0.05, 0.1) is 6.61 Å². The number of unbranched alkanes of at least 4 members (excludes halogenated alkanes) is 2. The third kappa shape index (κ3) is 7.72. The summed E-state index contributed by atoms with van der Waals surface area (Å²) in [6, 6.07) is 10.8. The van der Waals surface area contributed by atoms with Gasteiger partial charge in [-0.3, -0.25) is 0 Å². The van der Waals surface area contributed by atoms with E-state index in [0.717, 1.165) is 29.7 Å². The van der Waals surface area contributed by atoms with Crippen LogP contribution in [0.1, 0.15) is 137 Å². The standard InChI is InChI=1S/C36H50F2O/c1-3-4-5-6-26-7-9-27(10-8-26)11-12-28-13-18-30(19-14-28)31-20-15-29(16-21-31)17-22-32-25(2)23-33(34-24-39-34)36(38)35(32)37/h15-16,20-21,23,26-28,30,34H,3-14,17-19,22,24H2,1-2H3. The molecule has 3 heteroatoms. The molecule has 1 atom stereocenters. The Morgan fingerprint density at radius 3 is 1.92 bits per heavy atom. The summed E-state index contributed by atoms with van der Waals surface area (Å²) in [7, 11) is 0. The summed E-state index contributed by atoms with van der Waals surface area (Å²) in [6.07, 6.45) is 20.9. The van der Waals surface area contributed by atoms with Crippen LogP contribution in [0.2, 0.25) is 0 Å². The Balaban J connectivity index is 1.02. The Morgan fingerprint density at radius 2 is 1.33 bits per heavy atom. The molecule has 3 aliphatic rings. The zero-order valence-electron chi connectivity index (χ0n) is 24.5. The lowest BCUT2D eigenvalue weighted by Crippen LogP contribution is -2.18. The average Bonchev–Trinajstić information content (AvgIpc) is 3.81. The second-order valence-corrected chi connectivity index (χ2v) is 13.1. The van der Waals surface area contributed by atoms with E-state index < -0.39 is 11.6 Å².